The molecule has 3 aromatic rings. The molecular formula is C21H17ClN4O4S. The first-order valence-electron chi connectivity index (χ1n) is 9.00. The van der Waals surface area contributed by atoms with Gasteiger partial charge in [-0.2, -0.15) is 5.26 Å². The van der Waals surface area contributed by atoms with Crippen molar-refractivity contribution in [1.82, 2.24) is 15.0 Å². The van der Waals surface area contributed by atoms with E-state index in [-0.39, 0.29) is 29.3 Å². The van der Waals surface area contributed by atoms with Crippen LogP contribution in [0.25, 0.3) is 6.08 Å². The Bertz CT molecular complexity index is 1230. The fourth-order valence-electron chi connectivity index (χ4n) is 2.50. The van der Waals surface area contributed by atoms with Gasteiger partial charge in [0.1, 0.15) is 23.2 Å². The highest BCUT2D eigenvalue weighted by Crippen LogP contribution is 2.16. The highest BCUT2D eigenvalue weighted by molar-refractivity contribution is 7.89. The number of carbonyl (C=O) groups excluding carboxylic acids is 1. The minimum atomic E-state index is -3.75. The van der Waals surface area contributed by atoms with Gasteiger partial charge in [-0.1, -0.05) is 17.7 Å². The molecule has 0 radical (unpaired) electrons. The van der Waals surface area contributed by atoms with E-state index >= 15 is 0 Å². The highest BCUT2D eigenvalue weighted by atomic mass is 35.5. The zero-order chi connectivity index (χ0) is 22.3. The van der Waals surface area contributed by atoms with E-state index in [1.54, 1.807) is 30.6 Å². The van der Waals surface area contributed by atoms with E-state index in [1.165, 1.54) is 36.4 Å². The van der Waals surface area contributed by atoms with Gasteiger partial charge in [-0.3, -0.25) is 9.78 Å². The van der Waals surface area contributed by atoms with E-state index in [9.17, 15) is 18.5 Å². The molecule has 31 heavy (non-hydrogen) atoms. The van der Waals surface area contributed by atoms with Crippen molar-refractivity contribution in [3.05, 3.63) is 88.6 Å². The van der Waals surface area contributed by atoms with Crippen molar-refractivity contribution in [2.75, 3.05) is 0 Å². The number of nitrogens with one attached hydrogen (secondary N) is 2. The monoisotopic (exact) mass is 456 g/mol. The van der Waals surface area contributed by atoms with Gasteiger partial charge in [0.25, 0.3) is 5.91 Å². The standard InChI is InChI=1S/C21H17ClN4O4S/c22-17-3-7-20(8-4-17)31(28,29)26-14-19-6-5-18(30-19)10-16(11-23)21(27)25-13-15-2-1-9-24-12-15/h1-10,12,26H,13-14H2,(H,25,27). The van der Waals surface area contributed by atoms with Gasteiger partial charge in [-0.05, 0) is 48.0 Å². The lowest BCUT2D eigenvalue weighted by molar-refractivity contribution is -0.117. The summed E-state index contributed by atoms with van der Waals surface area (Å²) in [5.41, 5.74) is 0.646. The third-order valence-corrected chi connectivity index (χ3v) is 5.74. The van der Waals surface area contributed by atoms with Gasteiger partial charge in [0.15, 0.2) is 0 Å². The summed E-state index contributed by atoms with van der Waals surface area (Å²) < 4.78 is 32.6. The van der Waals surface area contributed by atoms with Crippen LogP contribution >= 0.6 is 11.6 Å². The summed E-state index contributed by atoms with van der Waals surface area (Å²) in [6.07, 6.45) is 4.52. The number of aromatic nitrogens is 1. The molecule has 10 heteroatoms. The van der Waals surface area contributed by atoms with Gasteiger partial charge in [0.05, 0.1) is 11.4 Å². The normalized spacial score (nSPS) is 11.7. The average molecular weight is 457 g/mol. The summed E-state index contributed by atoms with van der Waals surface area (Å²) in [7, 11) is -3.75. The Balaban J connectivity index is 1.62. The van der Waals surface area contributed by atoms with Crippen molar-refractivity contribution in [2.45, 2.75) is 18.0 Å². The van der Waals surface area contributed by atoms with Crippen molar-refractivity contribution in [3.8, 4) is 6.07 Å². The number of halogens is 1. The Hall–Kier alpha value is -3.45. The molecule has 158 valence electrons. The second-order valence-electron chi connectivity index (χ2n) is 6.30. The maximum Gasteiger partial charge on any atom is 0.262 e. The van der Waals surface area contributed by atoms with Crippen LogP contribution in [0.1, 0.15) is 17.1 Å². The fourth-order valence-corrected chi connectivity index (χ4v) is 3.62. The first-order chi connectivity index (χ1) is 14.9. The van der Waals surface area contributed by atoms with Crippen molar-refractivity contribution in [1.29, 1.82) is 5.26 Å². The van der Waals surface area contributed by atoms with E-state index in [1.807, 2.05) is 6.07 Å². The predicted octanol–water partition coefficient (Wildman–Crippen LogP) is 3.03. The minimum Gasteiger partial charge on any atom is -0.460 e. The summed E-state index contributed by atoms with van der Waals surface area (Å²) in [5, 5.41) is 12.3. The molecule has 0 aliphatic heterocycles. The van der Waals surface area contributed by atoms with Crippen LogP contribution in [0, 0.1) is 11.3 Å². The SMILES string of the molecule is N#CC(=Cc1ccc(CNS(=O)(=O)c2ccc(Cl)cc2)o1)C(=O)NCc1cccnc1. The van der Waals surface area contributed by atoms with Crippen LogP contribution in [0.5, 0.6) is 0 Å². The summed E-state index contributed by atoms with van der Waals surface area (Å²) in [5.74, 6) is -0.00152. The van der Waals surface area contributed by atoms with Crippen LogP contribution in [0.2, 0.25) is 5.02 Å². The molecule has 0 saturated heterocycles. The van der Waals surface area contributed by atoms with Crippen LogP contribution in [-0.2, 0) is 27.9 Å². The lowest BCUT2D eigenvalue weighted by Crippen LogP contribution is -2.24. The van der Waals surface area contributed by atoms with E-state index in [0.29, 0.717) is 10.8 Å². The number of furan rings is 1. The minimum absolute atomic E-state index is 0.0700. The molecule has 0 spiro atoms. The largest absolute Gasteiger partial charge is 0.460 e. The van der Waals surface area contributed by atoms with Gasteiger partial charge in [-0.25, -0.2) is 13.1 Å². The number of amides is 1. The molecule has 0 aliphatic rings. The summed E-state index contributed by atoms with van der Waals surface area (Å²) in [6.45, 7) is 0.121. The zero-order valence-corrected chi connectivity index (χ0v) is 17.7. The lowest BCUT2D eigenvalue weighted by Gasteiger charge is -2.05. The van der Waals surface area contributed by atoms with Crippen molar-refractivity contribution < 1.29 is 17.6 Å². The highest BCUT2D eigenvalue weighted by Gasteiger charge is 2.15. The molecule has 1 aromatic carbocycles. The van der Waals surface area contributed by atoms with Gasteiger partial charge < -0.3 is 9.73 Å². The van der Waals surface area contributed by atoms with Crippen molar-refractivity contribution in [2.24, 2.45) is 0 Å². The molecule has 3 rings (SSSR count). The fraction of sp³-hybridized carbons (Fsp3) is 0.0952. The first kappa shape index (κ1) is 22.2. The number of nitrogens with zero attached hydrogens (tertiary/aromatic N) is 2. The molecule has 1 amide bonds. The molecule has 2 N–H and O–H groups in total. The average Bonchev–Trinajstić information content (AvgIpc) is 3.23. The quantitative estimate of drug-likeness (QED) is 0.396. The van der Waals surface area contributed by atoms with Crippen LogP contribution in [0.3, 0.4) is 0 Å². The third kappa shape index (κ3) is 6.26. The van der Waals surface area contributed by atoms with Crippen LogP contribution < -0.4 is 10.0 Å². The number of nitriles is 1. The molecule has 0 atom stereocenters. The van der Waals surface area contributed by atoms with Gasteiger partial charge >= 0.3 is 0 Å². The summed E-state index contributed by atoms with van der Waals surface area (Å²) in [6, 6.07) is 14.2. The van der Waals surface area contributed by atoms with Crippen LogP contribution in [0.15, 0.2) is 75.8 Å². The number of sulfonamides is 1. The van der Waals surface area contributed by atoms with E-state index in [2.05, 4.69) is 15.0 Å². The number of carbonyl (C=O) groups is 1. The van der Waals surface area contributed by atoms with E-state index in [0.717, 1.165) is 5.56 Å². The number of rotatable bonds is 8. The van der Waals surface area contributed by atoms with E-state index < -0.39 is 15.9 Å². The maximum atomic E-state index is 12.3. The molecular weight excluding hydrogens is 440 g/mol. The molecule has 0 fully saturated rings. The number of hydrogen-bond acceptors (Lipinski definition) is 6. The smallest absolute Gasteiger partial charge is 0.262 e. The summed E-state index contributed by atoms with van der Waals surface area (Å²) in [4.78, 5) is 16.3. The Kier molecular flexibility index (Phi) is 7.20. The third-order valence-electron chi connectivity index (χ3n) is 4.07. The van der Waals surface area contributed by atoms with Crippen molar-refractivity contribution in [3.63, 3.8) is 0 Å². The maximum absolute atomic E-state index is 12.3. The van der Waals surface area contributed by atoms with Crippen LogP contribution in [-0.4, -0.2) is 19.3 Å². The molecule has 2 heterocycles. The van der Waals surface area contributed by atoms with Gasteiger partial charge in [0, 0.05) is 30.0 Å². The Morgan fingerprint density at radius 1 is 1.16 bits per heavy atom. The Morgan fingerprint density at radius 2 is 1.94 bits per heavy atom. The molecule has 0 saturated carbocycles. The van der Waals surface area contributed by atoms with E-state index in [4.69, 9.17) is 16.0 Å². The predicted molar refractivity (Wildman–Crippen MR) is 114 cm³/mol. The Morgan fingerprint density at radius 3 is 2.61 bits per heavy atom. The van der Waals surface area contributed by atoms with Crippen LogP contribution in [0.4, 0.5) is 0 Å². The Labute approximate surface area is 184 Å². The second-order valence-corrected chi connectivity index (χ2v) is 8.50. The van der Waals surface area contributed by atoms with Gasteiger partial charge in [-0.15, -0.1) is 0 Å². The second kappa shape index (κ2) is 10.0. The molecule has 8 nitrogen and oxygen atoms in total. The number of hydrogen-bond donors (Lipinski definition) is 2. The zero-order valence-electron chi connectivity index (χ0n) is 16.1. The molecule has 0 aliphatic carbocycles. The number of benzene rings is 1. The lowest BCUT2D eigenvalue weighted by atomic mass is 10.2. The molecule has 0 bridgehead atoms. The van der Waals surface area contributed by atoms with Gasteiger partial charge in [0.2, 0.25) is 10.0 Å². The number of pyridine rings is 1. The summed E-state index contributed by atoms with van der Waals surface area (Å²) >= 11 is 5.77. The first-order valence-corrected chi connectivity index (χ1v) is 10.9. The topological polar surface area (TPSA) is 125 Å². The molecule has 2 aromatic heterocycles. The van der Waals surface area contributed by atoms with Crippen molar-refractivity contribution >= 4 is 33.6 Å². The molecule has 0 unspecified atom stereocenters.